The Kier molecular flexibility index (Phi) is 4.26. The van der Waals surface area contributed by atoms with Crippen molar-refractivity contribution in [1.29, 1.82) is 0 Å². The van der Waals surface area contributed by atoms with Crippen LogP contribution in [0.1, 0.15) is 29.6 Å². The Balaban J connectivity index is 1.84. The average molecular weight is 371 g/mol. The number of anilines is 1. The van der Waals surface area contributed by atoms with E-state index in [1.54, 1.807) is 6.07 Å². The molecule has 4 rings (SSSR count). The third kappa shape index (κ3) is 2.82. The van der Waals surface area contributed by atoms with Gasteiger partial charge < -0.3 is 14.6 Å². The number of pyridine rings is 1. The van der Waals surface area contributed by atoms with Gasteiger partial charge in [-0.1, -0.05) is 6.58 Å². The third-order valence-electron chi connectivity index (χ3n) is 6.02. The molecule has 2 bridgehead atoms. The second-order valence-electron chi connectivity index (χ2n) is 7.37. The van der Waals surface area contributed by atoms with Crippen molar-refractivity contribution >= 4 is 28.8 Å². The van der Waals surface area contributed by atoms with Crippen LogP contribution in [0.2, 0.25) is 0 Å². The lowest BCUT2D eigenvalue weighted by molar-refractivity contribution is 0.0695. The van der Waals surface area contributed by atoms with E-state index in [0.717, 1.165) is 32.0 Å². The number of carboxylic acids is 1. The van der Waals surface area contributed by atoms with Crippen molar-refractivity contribution in [3.8, 4) is 0 Å². The van der Waals surface area contributed by atoms with Gasteiger partial charge in [0.1, 0.15) is 11.4 Å². The van der Waals surface area contributed by atoms with E-state index in [0.29, 0.717) is 23.3 Å². The highest BCUT2D eigenvalue weighted by atomic mass is 19.1. The molecule has 1 N–H and O–H groups in total. The van der Waals surface area contributed by atoms with Gasteiger partial charge in [-0.05, 0) is 38.4 Å². The van der Waals surface area contributed by atoms with Crippen LogP contribution in [-0.2, 0) is 0 Å². The van der Waals surface area contributed by atoms with Crippen molar-refractivity contribution in [2.45, 2.75) is 31.3 Å². The zero-order valence-electron chi connectivity index (χ0n) is 15.2. The van der Waals surface area contributed by atoms with Crippen LogP contribution in [0.15, 0.2) is 29.7 Å². The van der Waals surface area contributed by atoms with Crippen LogP contribution in [-0.4, -0.2) is 52.8 Å². The van der Waals surface area contributed by atoms with Gasteiger partial charge in [0.25, 0.3) is 0 Å². The van der Waals surface area contributed by atoms with Crippen molar-refractivity contribution in [2.24, 2.45) is 0 Å². The molecule has 1 aromatic carbocycles. The highest BCUT2D eigenvalue weighted by Gasteiger charge is 2.35. The first kappa shape index (κ1) is 17.7. The van der Waals surface area contributed by atoms with Crippen LogP contribution in [0.25, 0.3) is 17.1 Å². The molecule has 0 spiro atoms. The van der Waals surface area contributed by atoms with Gasteiger partial charge in [0.05, 0.1) is 11.2 Å². The minimum atomic E-state index is -1.34. The predicted molar refractivity (Wildman–Crippen MR) is 103 cm³/mol. The maximum absolute atomic E-state index is 14.9. The van der Waals surface area contributed by atoms with E-state index < -0.39 is 22.8 Å². The molecule has 0 saturated carbocycles. The number of nitrogens with zero attached hydrogens (tertiary/aromatic N) is 3. The van der Waals surface area contributed by atoms with Gasteiger partial charge in [-0.2, -0.15) is 0 Å². The Bertz CT molecular complexity index is 1000. The molecular weight excluding hydrogens is 349 g/mol. The SMILES string of the molecule is C=Cn1cc(C(=O)O)c(=O)c2cc(F)c(N3CC[C@H]4CCC(C3)N4C)cc21. The normalized spacial score (nSPS) is 22.8. The quantitative estimate of drug-likeness (QED) is 0.899. The number of carboxylic acid groups (broad SMARTS) is 1. The zero-order valence-corrected chi connectivity index (χ0v) is 15.2. The van der Waals surface area contributed by atoms with Gasteiger partial charge in [-0.25, -0.2) is 9.18 Å². The fourth-order valence-electron chi connectivity index (χ4n) is 4.43. The van der Waals surface area contributed by atoms with Crippen LogP contribution >= 0.6 is 0 Å². The van der Waals surface area contributed by atoms with E-state index in [1.165, 1.54) is 23.4 Å². The van der Waals surface area contributed by atoms with Crippen LogP contribution < -0.4 is 10.3 Å². The number of likely N-dealkylation sites (N-methyl/N-ethyl adjacent to an activating group) is 1. The number of fused-ring (bicyclic) bond motifs is 3. The van der Waals surface area contributed by atoms with Crippen molar-refractivity contribution in [3.63, 3.8) is 0 Å². The second kappa shape index (κ2) is 6.49. The summed E-state index contributed by atoms with van der Waals surface area (Å²) in [6.45, 7) is 5.17. The van der Waals surface area contributed by atoms with Crippen molar-refractivity contribution < 1.29 is 14.3 Å². The smallest absolute Gasteiger partial charge is 0.341 e. The molecule has 7 heteroatoms. The lowest BCUT2D eigenvalue weighted by Crippen LogP contribution is -2.37. The van der Waals surface area contributed by atoms with Crippen LogP contribution in [0.4, 0.5) is 10.1 Å². The molecule has 6 nitrogen and oxygen atoms in total. The van der Waals surface area contributed by atoms with E-state index in [9.17, 15) is 19.1 Å². The van der Waals surface area contributed by atoms with E-state index in [-0.39, 0.29) is 5.39 Å². The molecule has 2 aromatic rings. The van der Waals surface area contributed by atoms with Gasteiger partial charge in [0.2, 0.25) is 5.43 Å². The summed E-state index contributed by atoms with van der Waals surface area (Å²) in [6, 6.07) is 3.72. The summed E-state index contributed by atoms with van der Waals surface area (Å²) in [6.07, 6.45) is 5.92. The van der Waals surface area contributed by atoms with Gasteiger partial charge in [0, 0.05) is 43.0 Å². The number of rotatable bonds is 3. The summed E-state index contributed by atoms with van der Waals surface area (Å²) in [5, 5.41) is 9.28. The Labute approximate surface area is 156 Å². The van der Waals surface area contributed by atoms with Crippen molar-refractivity contribution in [1.82, 2.24) is 9.47 Å². The molecule has 0 radical (unpaired) electrons. The topological polar surface area (TPSA) is 65.8 Å². The van der Waals surface area contributed by atoms with Crippen LogP contribution in [0.5, 0.6) is 0 Å². The van der Waals surface area contributed by atoms with Crippen LogP contribution in [0, 0.1) is 5.82 Å². The van der Waals surface area contributed by atoms with E-state index in [4.69, 9.17) is 0 Å². The van der Waals surface area contributed by atoms with E-state index in [2.05, 4.69) is 18.5 Å². The standard InChI is InChI=1S/C20H22FN3O3/c1-3-23-11-15(20(26)27)19(25)14-8-16(21)18(9-17(14)23)24-7-6-12-4-5-13(10-24)22(12)2/h3,8-9,11-13H,1,4-7,10H2,2H3,(H,26,27)/t12-,13?/m1/s1. The van der Waals surface area contributed by atoms with Crippen molar-refractivity contribution in [2.75, 3.05) is 25.0 Å². The lowest BCUT2D eigenvalue weighted by Gasteiger charge is -2.28. The molecule has 1 unspecified atom stereocenters. The molecule has 2 atom stereocenters. The monoisotopic (exact) mass is 371 g/mol. The van der Waals surface area contributed by atoms with Gasteiger partial charge in [-0.15, -0.1) is 0 Å². The summed E-state index contributed by atoms with van der Waals surface area (Å²) in [7, 11) is 2.13. The van der Waals surface area contributed by atoms with E-state index in [1.807, 2.05) is 4.90 Å². The fourth-order valence-corrected chi connectivity index (χ4v) is 4.43. The molecule has 0 amide bonds. The lowest BCUT2D eigenvalue weighted by atomic mass is 10.1. The molecule has 2 fully saturated rings. The highest BCUT2D eigenvalue weighted by molar-refractivity contribution is 5.94. The highest BCUT2D eigenvalue weighted by Crippen LogP contribution is 2.33. The molecule has 2 aliphatic heterocycles. The Morgan fingerprint density at radius 3 is 2.74 bits per heavy atom. The second-order valence-corrected chi connectivity index (χ2v) is 7.37. The fraction of sp³-hybridized carbons (Fsp3) is 0.400. The summed E-state index contributed by atoms with van der Waals surface area (Å²) >= 11 is 0. The average Bonchev–Trinajstić information content (AvgIpc) is 2.88. The molecule has 1 aromatic heterocycles. The number of hydrogen-bond donors (Lipinski definition) is 1. The Morgan fingerprint density at radius 2 is 2.04 bits per heavy atom. The van der Waals surface area contributed by atoms with Crippen LogP contribution in [0.3, 0.4) is 0 Å². The summed E-state index contributed by atoms with van der Waals surface area (Å²) in [5.41, 5.74) is -0.181. The number of hydrogen-bond acceptors (Lipinski definition) is 4. The largest absolute Gasteiger partial charge is 0.477 e. The third-order valence-corrected chi connectivity index (χ3v) is 6.02. The molecule has 2 saturated heterocycles. The van der Waals surface area contributed by atoms with Gasteiger partial charge in [-0.3, -0.25) is 9.69 Å². The first-order chi connectivity index (χ1) is 12.9. The van der Waals surface area contributed by atoms with E-state index >= 15 is 0 Å². The molecule has 27 heavy (non-hydrogen) atoms. The zero-order chi connectivity index (χ0) is 19.3. The predicted octanol–water partition coefficient (Wildman–Crippen LogP) is 2.61. The molecule has 0 aliphatic carbocycles. The van der Waals surface area contributed by atoms with Gasteiger partial charge in [0.15, 0.2) is 0 Å². The number of benzene rings is 1. The molecular formula is C20H22FN3O3. The summed E-state index contributed by atoms with van der Waals surface area (Å²) in [5.74, 6) is -1.84. The Morgan fingerprint density at radius 1 is 1.30 bits per heavy atom. The van der Waals surface area contributed by atoms with Gasteiger partial charge >= 0.3 is 5.97 Å². The summed E-state index contributed by atoms with van der Waals surface area (Å²) in [4.78, 5) is 28.2. The molecule has 2 aliphatic rings. The van der Waals surface area contributed by atoms with Crippen molar-refractivity contribution in [3.05, 3.63) is 46.5 Å². The maximum atomic E-state index is 14.9. The minimum Gasteiger partial charge on any atom is -0.477 e. The molecule has 3 heterocycles. The first-order valence-corrected chi connectivity index (χ1v) is 9.12. The number of aromatic nitrogens is 1. The number of carbonyl (C=O) groups is 1. The number of halogens is 1. The minimum absolute atomic E-state index is 0.0458. The first-order valence-electron chi connectivity index (χ1n) is 9.12. The summed E-state index contributed by atoms with van der Waals surface area (Å²) < 4.78 is 16.4. The Hall–Kier alpha value is -2.67. The molecule has 142 valence electrons. The number of aromatic carboxylic acids is 1. The maximum Gasteiger partial charge on any atom is 0.341 e.